The fourth-order valence-corrected chi connectivity index (χ4v) is 2.39. The molecule has 21 heavy (non-hydrogen) atoms. The highest BCUT2D eigenvalue weighted by Crippen LogP contribution is 2.17. The van der Waals surface area contributed by atoms with E-state index in [9.17, 15) is 9.59 Å². The Labute approximate surface area is 123 Å². The molecule has 7 nitrogen and oxygen atoms in total. The van der Waals surface area contributed by atoms with Crippen LogP contribution < -0.4 is 5.32 Å². The quantitative estimate of drug-likeness (QED) is 0.840. The number of carbonyl (C=O) groups is 2. The summed E-state index contributed by atoms with van der Waals surface area (Å²) in [6, 6.07) is -0.140. The van der Waals surface area contributed by atoms with Crippen molar-refractivity contribution in [3.8, 4) is 0 Å². The molecule has 0 aromatic carbocycles. The molecular weight excluding hydrogens is 274 g/mol. The topological polar surface area (TPSA) is 95.7 Å². The molecule has 1 fully saturated rings. The predicted octanol–water partition coefficient (Wildman–Crippen LogP) is 0.957. The summed E-state index contributed by atoms with van der Waals surface area (Å²) >= 11 is 0. The van der Waals surface area contributed by atoms with Crippen molar-refractivity contribution in [2.24, 2.45) is 5.92 Å². The largest absolute Gasteiger partial charge is 0.481 e. The molecule has 0 bridgehead atoms. The Hall–Kier alpha value is -1.89. The zero-order valence-electron chi connectivity index (χ0n) is 12.3. The molecule has 2 N–H and O–H groups in total. The van der Waals surface area contributed by atoms with Gasteiger partial charge >= 0.3 is 5.97 Å². The van der Waals surface area contributed by atoms with Gasteiger partial charge in [0.25, 0.3) is 0 Å². The van der Waals surface area contributed by atoms with Crippen LogP contribution in [0.4, 0.5) is 0 Å². The van der Waals surface area contributed by atoms with E-state index in [1.807, 2.05) is 13.8 Å². The van der Waals surface area contributed by atoms with Gasteiger partial charge in [-0.1, -0.05) is 0 Å². The number of carboxylic acids is 1. The lowest BCUT2D eigenvalue weighted by atomic mass is 9.97. The summed E-state index contributed by atoms with van der Waals surface area (Å²) in [7, 11) is 0. The number of nitrogens with zero attached hydrogens (tertiary/aromatic N) is 2. The number of aryl methyl sites for hydroxylation is 1. The van der Waals surface area contributed by atoms with Crippen molar-refractivity contribution < 1.29 is 19.1 Å². The van der Waals surface area contributed by atoms with Gasteiger partial charge in [0.2, 0.25) is 11.8 Å². The highest BCUT2D eigenvalue weighted by Gasteiger charge is 2.27. The van der Waals surface area contributed by atoms with Gasteiger partial charge in [0.1, 0.15) is 5.76 Å². The molecule has 116 valence electrons. The second-order valence-corrected chi connectivity index (χ2v) is 5.41. The molecule has 0 radical (unpaired) electrons. The Morgan fingerprint density at radius 3 is 2.71 bits per heavy atom. The van der Waals surface area contributed by atoms with Crippen molar-refractivity contribution in [1.82, 2.24) is 15.2 Å². The summed E-state index contributed by atoms with van der Waals surface area (Å²) in [5.74, 6) is 0.184. The SMILES string of the molecule is Cc1cnc(C(C)NCC(=O)N2CCC(C(=O)O)CC2)o1. The number of carbonyl (C=O) groups excluding carboxylic acids is 1. The average molecular weight is 295 g/mol. The molecule has 1 aromatic rings. The number of amides is 1. The van der Waals surface area contributed by atoms with Crippen molar-refractivity contribution >= 4 is 11.9 Å². The molecule has 1 unspecified atom stereocenters. The van der Waals surface area contributed by atoms with Crippen LogP contribution in [0.25, 0.3) is 0 Å². The molecule has 1 saturated heterocycles. The Bertz CT molecular complexity index is 506. The van der Waals surface area contributed by atoms with E-state index in [4.69, 9.17) is 9.52 Å². The average Bonchev–Trinajstić information content (AvgIpc) is 2.91. The predicted molar refractivity (Wildman–Crippen MR) is 74.6 cm³/mol. The third-order valence-electron chi connectivity index (χ3n) is 3.77. The number of hydrogen-bond acceptors (Lipinski definition) is 5. The van der Waals surface area contributed by atoms with E-state index in [2.05, 4.69) is 10.3 Å². The Morgan fingerprint density at radius 2 is 2.19 bits per heavy atom. The number of aromatic nitrogens is 1. The minimum atomic E-state index is -0.770. The second kappa shape index (κ2) is 6.71. The molecular formula is C14H21N3O4. The van der Waals surface area contributed by atoms with Crippen molar-refractivity contribution in [3.05, 3.63) is 17.8 Å². The number of oxazole rings is 1. The molecule has 0 aliphatic carbocycles. The van der Waals surface area contributed by atoms with Crippen LogP contribution in [0, 0.1) is 12.8 Å². The lowest BCUT2D eigenvalue weighted by Crippen LogP contribution is -2.44. The third-order valence-corrected chi connectivity index (χ3v) is 3.77. The van der Waals surface area contributed by atoms with Gasteiger partial charge in [-0.3, -0.25) is 14.9 Å². The van der Waals surface area contributed by atoms with Gasteiger partial charge in [0.15, 0.2) is 0 Å². The standard InChI is InChI=1S/C14H21N3O4/c1-9-7-16-13(21-9)10(2)15-8-12(18)17-5-3-11(4-6-17)14(19)20/h7,10-11,15H,3-6,8H2,1-2H3,(H,19,20). The summed E-state index contributed by atoms with van der Waals surface area (Å²) in [4.78, 5) is 28.8. The van der Waals surface area contributed by atoms with Crippen LogP contribution in [0.15, 0.2) is 10.6 Å². The summed E-state index contributed by atoms with van der Waals surface area (Å²) in [6.45, 7) is 4.91. The van der Waals surface area contributed by atoms with Gasteiger partial charge in [0.05, 0.1) is 24.7 Å². The van der Waals surface area contributed by atoms with Crippen molar-refractivity contribution in [2.75, 3.05) is 19.6 Å². The first-order valence-electron chi connectivity index (χ1n) is 7.13. The van der Waals surface area contributed by atoms with Crippen LogP contribution in [-0.4, -0.2) is 46.5 Å². The van der Waals surface area contributed by atoms with Gasteiger partial charge in [-0.25, -0.2) is 4.98 Å². The van der Waals surface area contributed by atoms with Crippen LogP contribution in [-0.2, 0) is 9.59 Å². The van der Waals surface area contributed by atoms with Crippen molar-refractivity contribution in [2.45, 2.75) is 32.7 Å². The summed E-state index contributed by atoms with van der Waals surface area (Å²) in [6.07, 6.45) is 2.69. The molecule has 1 atom stereocenters. The van der Waals surface area contributed by atoms with E-state index in [1.54, 1.807) is 11.1 Å². The lowest BCUT2D eigenvalue weighted by Gasteiger charge is -2.30. The summed E-state index contributed by atoms with van der Waals surface area (Å²) in [5.41, 5.74) is 0. The van der Waals surface area contributed by atoms with Gasteiger partial charge in [-0.2, -0.15) is 0 Å². The van der Waals surface area contributed by atoms with Crippen LogP contribution in [0.1, 0.15) is 37.5 Å². The number of rotatable bonds is 5. The van der Waals surface area contributed by atoms with E-state index in [0.29, 0.717) is 31.8 Å². The fraction of sp³-hybridized carbons (Fsp3) is 0.643. The van der Waals surface area contributed by atoms with Crippen LogP contribution >= 0.6 is 0 Å². The zero-order valence-corrected chi connectivity index (χ0v) is 12.3. The summed E-state index contributed by atoms with van der Waals surface area (Å²) < 4.78 is 5.40. The Kier molecular flexibility index (Phi) is 4.95. The van der Waals surface area contributed by atoms with Crippen molar-refractivity contribution in [1.29, 1.82) is 0 Å². The van der Waals surface area contributed by atoms with E-state index in [0.717, 1.165) is 5.76 Å². The highest BCUT2D eigenvalue weighted by molar-refractivity contribution is 5.79. The molecule has 2 rings (SSSR count). The molecule has 1 aromatic heterocycles. The van der Waals surface area contributed by atoms with Crippen molar-refractivity contribution in [3.63, 3.8) is 0 Å². The fourth-order valence-electron chi connectivity index (χ4n) is 2.39. The molecule has 1 aliphatic heterocycles. The zero-order chi connectivity index (χ0) is 15.4. The first-order valence-corrected chi connectivity index (χ1v) is 7.13. The van der Waals surface area contributed by atoms with E-state index in [-0.39, 0.29) is 24.4 Å². The van der Waals surface area contributed by atoms with Crippen LogP contribution in [0.5, 0.6) is 0 Å². The monoisotopic (exact) mass is 295 g/mol. The first kappa shape index (κ1) is 15.5. The first-order chi connectivity index (χ1) is 9.97. The lowest BCUT2D eigenvalue weighted by molar-refractivity contribution is -0.145. The number of likely N-dealkylation sites (tertiary alicyclic amines) is 1. The molecule has 1 aliphatic rings. The third kappa shape index (κ3) is 4.04. The van der Waals surface area contributed by atoms with Gasteiger partial charge in [-0.05, 0) is 26.7 Å². The molecule has 2 heterocycles. The maximum Gasteiger partial charge on any atom is 0.306 e. The van der Waals surface area contributed by atoms with E-state index >= 15 is 0 Å². The minimum absolute atomic E-state index is 0.0195. The number of aliphatic carboxylic acids is 1. The van der Waals surface area contributed by atoms with E-state index in [1.165, 1.54) is 0 Å². The minimum Gasteiger partial charge on any atom is -0.481 e. The number of nitrogens with one attached hydrogen (secondary N) is 1. The Morgan fingerprint density at radius 1 is 1.52 bits per heavy atom. The smallest absolute Gasteiger partial charge is 0.306 e. The number of carboxylic acid groups (broad SMARTS) is 1. The second-order valence-electron chi connectivity index (χ2n) is 5.41. The highest BCUT2D eigenvalue weighted by atomic mass is 16.4. The number of piperidine rings is 1. The number of hydrogen-bond donors (Lipinski definition) is 2. The van der Waals surface area contributed by atoms with Gasteiger partial charge in [0, 0.05) is 13.1 Å². The van der Waals surface area contributed by atoms with Gasteiger partial charge < -0.3 is 14.4 Å². The maximum atomic E-state index is 12.1. The normalized spacial score (nSPS) is 17.7. The molecule has 0 spiro atoms. The molecule has 1 amide bonds. The summed E-state index contributed by atoms with van der Waals surface area (Å²) in [5, 5.41) is 12.0. The molecule has 7 heteroatoms. The van der Waals surface area contributed by atoms with E-state index < -0.39 is 5.97 Å². The maximum absolute atomic E-state index is 12.1. The van der Waals surface area contributed by atoms with Crippen LogP contribution in [0.2, 0.25) is 0 Å². The molecule has 0 saturated carbocycles. The van der Waals surface area contributed by atoms with Gasteiger partial charge in [-0.15, -0.1) is 0 Å². The Balaban J connectivity index is 1.76. The van der Waals surface area contributed by atoms with Crippen LogP contribution in [0.3, 0.4) is 0 Å².